The van der Waals surface area contributed by atoms with Crippen LogP contribution in [0.4, 0.5) is 5.69 Å². The number of nitrogens with zero attached hydrogens (tertiary/aromatic N) is 1. The van der Waals surface area contributed by atoms with Gasteiger partial charge in [0.25, 0.3) is 0 Å². The normalized spacial score (nSPS) is 13.9. The second-order valence-electron chi connectivity index (χ2n) is 7.95. The number of hydrogen-bond acceptors (Lipinski definition) is 4. The maximum absolute atomic E-state index is 12.3. The van der Waals surface area contributed by atoms with Crippen LogP contribution >= 0.6 is 0 Å². The molecule has 5 rings (SSSR count). The van der Waals surface area contributed by atoms with Gasteiger partial charge in [-0.1, -0.05) is 24.3 Å². The molecule has 1 saturated carbocycles. The van der Waals surface area contributed by atoms with Crippen molar-refractivity contribution in [3.63, 3.8) is 0 Å². The van der Waals surface area contributed by atoms with Gasteiger partial charge < -0.3 is 15.5 Å². The molecule has 3 N–H and O–H groups in total. The number of carbonyl (C=O) groups excluding carboxylic acids is 1. The molecule has 1 aliphatic rings. The van der Waals surface area contributed by atoms with Crippen LogP contribution in [0.3, 0.4) is 0 Å². The maximum Gasteiger partial charge on any atom is 0.165 e. The number of aromatic nitrogens is 2. The zero-order chi connectivity index (χ0) is 20.1. The maximum atomic E-state index is 12.3. The van der Waals surface area contributed by atoms with Crippen LogP contribution in [0.5, 0.6) is 5.75 Å². The van der Waals surface area contributed by atoms with E-state index in [4.69, 9.17) is 10.5 Å². The van der Waals surface area contributed by atoms with Crippen molar-refractivity contribution in [3.8, 4) is 16.9 Å². The monoisotopic (exact) mass is 385 g/mol. The van der Waals surface area contributed by atoms with Gasteiger partial charge in [0.2, 0.25) is 0 Å². The van der Waals surface area contributed by atoms with E-state index in [0.29, 0.717) is 23.6 Å². The van der Waals surface area contributed by atoms with Crippen LogP contribution in [0.2, 0.25) is 0 Å². The summed E-state index contributed by atoms with van der Waals surface area (Å²) in [6.45, 7) is 2.03. The first-order chi connectivity index (χ1) is 14.0. The van der Waals surface area contributed by atoms with Crippen LogP contribution < -0.4 is 10.5 Å². The molecule has 5 nitrogen and oxygen atoms in total. The van der Waals surface area contributed by atoms with Gasteiger partial charge in [-0.25, -0.2) is 4.98 Å². The molecule has 0 radical (unpaired) electrons. The molecular weight excluding hydrogens is 362 g/mol. The molecule has 2 heterocycles. The molecule has 1 fully saturated rings. The van der Waals surface area contributed by atoms with Crippen molar-refractivity contribution in [2.75, 3.05) is 12.8 Å². The number of H-pyrrole nitrogens is 1. The Balaban J connectivity index is 1.73. The van der Waals surface area contributed by atoms with Gasteiger partial charge in [-0.15, -0.1) is 0 Å². The molecule has 29 heavy (non-hydrogen) atoms. The van der Waals surface area contributed by atoms with Gasteiger partial charge in [0.1, 0.15) is 11.4 Å². The summed E-state index contributed by atoms with van der Waals surface area (Å²) in [6, 6.07) is 12.3. The lowest BCUT2D eigenvalue weighted by atomic mass is 9.95. The molecule has 0 amide bonds. The van der Waals surface area contributed by atoms with Gasteiger partial charge in [-0.05, 0) is 54.2 Å². The van der Waals surface area contributed by atoms with Crippen molar-refractivity contribution in [1.29, 1.82) is 0 Å². The number of fused-ring (bicyclic) bond motifs is 3. The fourth-order valence-corrected chi connectivity index (χ4v) is 4.11. The number of aromatic amines is 1. The topological polar surface area (TPSA) is 81.0 Å². The number of nitrogens with one attached hydrogen (secondary N) is 1. The third-order valence-corrected chi connectivity index (χ3v) is 5.70. The summed E-state index contributed by atoms with van der Waals surface area (Å²) < 4.78 is 5.59. The Kier molecular flexibility index (Phi) is 4.05. The minimum absolute atomic E-state index is 0.268. The predicted molar refractivity (Wildman–Crippen MR) is 116 cm³/mol. The number of hydrogen-bond donors (Lipinski definition) is 2. The van der Waals surface area contributed by atoms with Crippen molar-refractivity contribution in [2.45, 2.75) is 26.2 Å². The van der Waals surface area contributed by atoms with Crippen molar-refractivity contribution in [1.82, 2.24) is 9.97 Å². The Morgan fingerprint density at radius 3 is 2.86 bits per heavy atom. The Morgan fingerprint density at radius 1 is 1.28 bits per heavy atom. The fraction of sp³-hybridized carbons (Fsp3) is 0.250. The molecule has 0 atom stereocenters. The number of nitrogen functional groups attached to an aromatic ring is 1. The smallest absolute Gasteiger partial charge is 0.165 e. The first kappa shape index (κ1) is 17.7. The predicted octanol–water partition coefficient (Wildman–Crippen LogP) is 4.80. The molecule has 2 aromatic heterocycles. The molecule has 0 aliphatic heterocycles. The first-order valence-corrected chi connectivity index (χ1v) is 9.91. The van der Waals surface area contributed by atoms with Crippen LogP contribution in [0.25, 0.3) is 33.1 Å². The molecular formula is C24H23N3O2. The SMILES string of the molecule is COc1c(N)cc(-c2cccc(CC(=O)C3CC3)c2)c2c1[nH]c1ncc(C)cc12. The minimum Gasteiger partial charge on any atom is -0.492 e. The highest BCUT2D eigenvalue weighted by Crippen LogP contribution is 2.42. The number of pyridine rings is 1. The quantitative estimate of drug-likeness (QED) is 0.483. The van der Waals surface area contributed by atoms with Gasteiger partial charge in [0, 0.05) is 29.3 Å². The van der Waals surface area contributed by atoms with Crippen molar-refractivity contribution < 1.29 is 9.53 Å². The molecule has 2 aromatic carbocycles. The van der Waals surface area contributed by atoms with E-state index in [9.17, 15) is 4.79 Å². The summed E-state index contributed by atoms with van der Waals surface area (Å²) in [5.74, 6) is 1.23. The van der Waals surface area contributed by atoms with Crippen LogP contribution in [0.15, 0.2) is 42.6 Å². The van der Waals surface area contributed by atoms with Gasteiger partial charge in [-0.2, -0.15) is 0 Å². The van der Waals surface area contributed by atoms with Crippen LogP contribution in [-0.4, -0.2) is 22.9 Å². The second-order valence-corrected chi connectivity index (χ2v) is 7.95. The summed E-state index contributed by atoms with van der Waals surface area (Å²) in [4.78, 5) is 20.2. The number of Topliss-reactive ketones (excluding diaryl/α,β-unsaturated/α-hetero) is 1. The number of aryl methyl sites for hydroxylation is 1. The standard InChI is InChI=1S/C24H23N3O2/c1-13-8-18-21-17(11-19(25)23(29-2)22(21)27-24(18)26-12-13)16-5-3-4-14(9-16)10-20(28)15-6-7-15/h3-5,8-9,11-12,15H,6-7,10,25H2,1-2H3,(H,26,27). The Bertz CT molecular complexity index is 1270. The third-order valence-electron chi connectivity index (χ3n) is 5.70. The number of nitrogens with two attached hydrogens (primary N) is 1. The highest BCUT2D eigenvalue weighted by atomic mass is 16.5. The Labute approximate surface area is 168 Å². The molecule has 4 aromatic rings. The largest absolute Gasteiger partial charge is 0.492 e. The lowest BCUT2D eigenvalue weighted by Crippen LogP contribution is -2.04. The van der Waals surface area contributed by atoms with E-state index in [0.717, 1.165) is 57.0 Å². The van der Waals surface area contributed by atoms with E-state index >= 15 is 0 Å². The van der Waals surface area contributed by atoms with Crippen molar-refractivity contribution >= 4 is 33.4 Å². The summed E-state index contributed by atoms with van der Waals surface area (Å²) in [7, 11) is 1.62. The molecule has 1 aliphatic carbocycles. The molecule has 0 spiro atoms. The van der Waals surface area contributed by atoms with Gasteiger partial charge in [0.05, 0.1) is 18.3 Å². The lowest BCUT2D eigenvalue weighted by molar-refractivity contribution is -0.119. The summed E-state index contributed by atoms with van der Waals surface area (Å²) in [5, 5.41) is 2.07. The van der Waals surface area contributed by atoms with E-state index < -0.39 is 0 Å². The second kappa shape index (κ2) is 6.62. The average molecular weight is 385 g/mol. The van der Waals surface area contributed by atoms with E-state index in [1.165, 1.54) is 0 Å². The van der Waals surface area contributed by atoms with E-state index in [1.54, 1.807) is 7.11 Å². The zero-order valence-electron chi connectivity index (χ0n) is 16.6. The van der Waals surface area contributed by atoms with E-state index in [2.05, 4.69) is 28.2 Å². The first-order valence-electron chi connectivity index (χ1n) is 9.91. The molecule has 0 saturated heterocycles. The van der Waals surface area contributed by atoms with Crippen LogP contribution in [0, 0.1) is 12.8 Å². The Morgan fingerprint density at radius 2 is 2.10 bits per heavy atom. The Hall–Kier alpha value is -3.34. The van der Waals surface area contributed by atoms with Gasteiger partial charge in [0.15, 0.2) is 5.75 Å². The van der Waals surface area contributed by atoms with Gasteiger partial charge in [-0.3, -0.25) is 4.79 Å². The molecule has 146 valence electrons. The van der Waals surface area contributed by atoms with E-state index in [-0.39, 0.29) is 5.92 Å². The minimum atomic E-state index is 0.268. The lowest BCUT2D eigenvalue weighted by Gasteiger charge is -2.12. The number of carbonyl (C=O) groups is 1. The number of benzene rings is 2. The van der Waals surface area contributed by atoms with Crippen molar-refractivity contribution in [3.05, 3.63) is 53.7 Å². The third kappa shape index (κ3) is 3.03. The number of ketones is 1. The van der Waals surface area contributed by atoms with Gasteiger partial charge >= 0.3 is 0 Å². The highest BCUT2D eigenvalue weighted by molar-refractivity contribution is 6.16. The molecule has 5 heteroatoms. The average Bonchev–Trinajstić information content (AvgIpc) is 3.49. The van der Waals surface area contributed by atoms with Crippen LogP contribution in [-0.2, 0) is 11.2 Å². The zero-order valence-corrected chi connectivity index (χ0v) is 16.6. The molecule has 0 unspecified atom stereocenters. The van der Waals surface area contributed by atoms with Crippen LogP contribution in [0.1, 0.15) is 24.0 Å². The number of methoxy groups -OCH3 is 1. The number of ether oxygens (including phenoxy) is 1. The number of anilines is 1. The summed E-state index contributed by atoms with van der Waals surface area (Å²) >= 11 is 0. The highest BCUT2D eigenvalue weighted by Gasteiger charge is 2.29. The van der Waals surface area contributed by atoms with Crippen molar-refractivity contribution in [2.24, 2.45) is 5.92 Å². The number of rotatable bonds is 5. The summed E-state index contributed by atoms with van der Waals surface area (Å²) in [5.41, 5.74) is 12.7. The molecule has 0 bridgehead atoms. The fourth-order valence-electron chi connectivity index (χ4n) is 4.11. The van der Waals surface area contributed by atoms with E-state index in [1.807, 2.05) is 31.3 Å². The summed E-state index contributed by atoms with van der Waals surface area (Å²) in [6.07, 6.45) is 4.41.